The minimum Gasteiger partial charge on any atom is -0.366 e. The topological polar surface area (TPSA) is 91.8 Å². The summed E-state index contributed by atoms with van der Waals surface area (Å²) in [6.07, 6.45) is 0. The molecule has 0 fully saturated rings. The van der Waals surface area contributed by atoms with Gasteiger partial charge in [-0.15, -0.1) is 0 Å². The standard InChI is InChI=1S/C7H5BrN4O/c8-4-1-2-6(11-12-10)5(3-4)7(9)13/h1-3H,(H2,9,13). The van der Waals surface area contributed by atoms with Crippen molar-refractivity contribution in [3.8, 4) is 0 Å². The van der Waals surface area contributed by atoms with Crippen LogP contribution in [0.4, 0.5) is 5.69 Å². The van der Waals surface area contributed by atoms with E-state index >= 15 is 0 Å². The maximum absolute atomic E-state index is 10.9. The van der Waals surface area contributed by atoms with E-state index in [0.717, 1.165) is 0 Å². The van der Waals surface area contributed by atoms with Crippen molar-refractivity contribution in [1.82, 2.24) is 0 Å². The van der Waals surface area contributed by atoms with Crippen molar-refractivity contribution in [1.29, 1.82) is 0 Å². The highest BCUT2D eigenvalue weighted by atomic mass is 79.9. The van der Waals surface area contributed by atoms with Crippen molar-refractivity contribution in [2.24, 2.45) is 10.8 Å². The number of nitrogens with two attached hydrogens (primary N) is 1. The summed E-state index contributed by atoms with van der Waals surface area (Å²) in [5.74, 6) is -0.622. The summed E-state index contributed by atoms with van der Waals surface area (Å²) in [7, 11) is 0. The van der Waals surface area contributed by atoms with Crippen LogP contribution in [0.3, 0.4) is 0 Å². The lowest BCUT2D eigenvalue weighted by atomic mass is 10.2. The van der Waals surface area contributed by atoms with Crippen molar-refractivity contribution in [3.05, 3.63) is 38.7 Å². The predicted octanol–water partition coefficient (Wildman–Crippen LogP) is 2.49. The maximum atomic E-state index is 10.9. The van der Waals surface area contributed by atoms with Gasteiger partial charge in [0.2, 0.25) is 5.91 Å². The predicted molar refractivity (Wildman–Crippen MR) is 51.5 cm³/mol. The zero-order valence-electron chi connectivity index (χ0n) is 6.44. The number of azide groups is 1. The van der Waals surface area contributed by atoms with Crippen molar-refractivity contribution in [3.63, 3.8) is 0 Å². The van der Waals surface area contributed by atoms with Crippen molar-refractivity contribution in [2.75, 3.05) is 0 Å². The van der Waals surface area contributed by atoms with Gasteiger partial charge in [0, 0.05) is 14.9 Å². The third kappa shape index (κ3) is 2.21. The van der Waals surface area contributed by atoms with Crippen LogP contribution in [0.5, 0.6) is 0 Å². The number of nitrogens with zero attached hydrogens (tertiary/aromatic N) is 3. The summed E-state index contributed by atoms with van der Waals surface area (Å²) in [4.78, 5) is 13.4. The fourth-order valence-corrected chi connectivity index (χ4v) is 1.20. The Kier molecular flexibility index (Phi) is 2.89. The van der Waals surface area contributed by atoms with Gasteiger partial charge in [0.05, 0.1) is 5.69 Å². The lowest BCUT2D eigenvalue weighted by Crippen LogP contribution is -2.10. The average Bonchev–Trinajstić information content (AvgIpc) is 2.08. The molecule has 2 N–H and O–H groups in total. The monoisotopic (exact) mass is 240 g/mol. The van der Waals surface area contributed by atoms with Crippen LogP contribution in [-0.2, 0) is 0 Å². The smallest absolute Gasteiger partial charge is 0.249 e. The van der Waals surface area contributed by atoms with E-state index in [1.54, 1.807) is 6.07 Å². The van der Waals surface area contributed by atoms with Crippen LogP contribution in [-0.4, -0.2) is 5.91 Å². The van der Waals surface area contributed by atoms with Crippen LogP contribution in [0.1, 0.15) is 10.4 Å². The number of carbonyl (C=O) groups is 1. The van der Waals surface area contributed by atoms with E-state index < -0.39 is 5.91 Å². The van der Waals surface area contributed by atoms with Crippen molar-refractivity contribution < 1.29 is 4.79 Å². The molecule has 1 aromatic rings. The molecule has 0 spiro atoms. The Balaban J connectivity index is 3.34. The fourth-order valence-electron chi connectivity index (χ4n) is 0.841. The van der Waals surface area contributed by atoms with E-state index in [1.165, 1.54) is 12.1 Å². The molecular weight excluding hydrogens is 236 g/mol. The third-order valence-electron chi connectivity index (χ3n) is 1.38. The first-order valence-corrected chi connectivity index (χ1v) is 4.09. The first kappa shape index (κ1) is 9.57. The SMILES string of the molecule is [N-]=[N+]=Nc1ccc(Br)cc1C(N)=O. The minimum absolute atomic E-state index is 0.201. The zero-order valence-corrected chi connectivity index (χ0v) is 8.02. The Bertz CT molecular complexity index is 397. The van der Waals surface area contributed by atoms with Gasteiger partial charge in [-0.05, 0) is 17.7 Å². The highest BCUT2D eigenvalue weighted by Gasteiger charge is 2.06. The second-order valence-corrected chi connectivity index (χ2v) is 3.13. The van der Waals surface area contributed by atoms with E-state index in [2.05, 4.69) is 26.0 Å². The van der Waals surface area contributed by atoms with E-state index in [4.69, 9.17) is 11.3 Å². The first-order chi connectivity index (χ1) is 6.15. The van der Waals surface area contributed by atoms with Crippen LogP contribution in [0.15, 0.2) is 27.8 Å². The molecule has 1 aromatic carbocycles. The largest absolute Gasteiger partial charge is 0.366 e. The molecule has 0 saturated carbocycles. The molecule has 0 aromatic heterocycles. The van der Waals surface area contributed by atoms with Crippen LogP contribution in [0, 0.1) is 0 Å². The average molecular weight is 241 g/mol. The number of benzene rings is 1. The quantitative estimate of drug-likeness (QED) is 0.480. The number of hydrogen-bond donors (Lipinski definition) is 1. The van der Waals surface area contributed by atoms with Gasteiger partial charge < -0.3 is 5.73 Å². The van der Waals surface area contributed by atoms with Gasteiger partial charge in [-0.25, -0.2) is 0 Å². The van der Waals surface area contributed by atoms with Gasteiger partial charge in [0.25, 0.3) is 0 Å². The van der Waals surface area contributed by atoms with E-state index in [9.17, 15) is 4.79 Å². The van der Waals surface area contributed by atoms with Crippen molar-refractivity contribution in [2.45, 2.75) is 0 Å². The van der Waals surface area contributed by atoms with Crippen LogP contribution in [0.2, 0.25) is 0 Å². The third-order valence-corrected chi connectivity index (χ3v) is 1.87. The molecule has 1 amide bonds. The summed E-state index contributed by atoms with van der Waals surface area (Å²) in [6.45, 7) is 0. The Morgan fingerprint density at radius 3 is 2.85 bits per heavy atom. The summed E-state index contributed by atoms with van der Waals surface area (Å²) in [5, 5.41) is 3.33. The molecule has 13 heavy (non-hydrogen) atoms. The lowest BCUT2D eigenvalue weighted by Gasteiger charge is -2.00. The number of amides is 1. The first-order valence-electron chi connectivity index (χ1n) is 3.29. The zero-order chi connectivity index (χ0) is 9.84. The second-order valence-electron chi connectivity index (χ2n) is 2.22. The Hall–Kier alpha value is -1.52. The number of carbonyl (C=O) groups excluding carboxylic acids is 1. The minimum atomic E-state index is -0.622. The number of halogens is 1. The molecule has 0 saturated heterocycles. The summed E-state index contributed by atoms with van der Waals surface area (Å²) in [6, 6.07) is 4.69. The van der Waals surface area contributed by atoms with E-state index in [-0.39, 0.29) is 11.3 Å². The second kappa shape index (κ2) is 3.93. The molecule has 66 valence electrons. The summed E-state index contributed by atoms with van der Waals surface area (Å²) in [5.41, 5.74) is 13.7. The van der Waals surface area contributed by atoms with E-state index in [1.807, 2.05) is 0 Å². The molecule has 0 aliphatic heterocycles. The Morgan fingerprint density at radius 1 is 1.62 bits per heavy atom. The summed E-state index contributed by atoms with van der Waals surface area (Å²) < 4.78 is 0.707. The van der Waals surface area contributed by atoms with Gasteiger partial charge in [0.1, 0.15) is 0 Å². The lowest BCUT2D eigenvalue weighted by molar-refractivity contribution is 0.100. The fraction of sp³-hybridized carbons (Fsp3) is 0. The Morgan fingerprint density at radius 2 is 2.31 bits per heavy atom. The molecule has 0 heterocycles. The molecular formula is C7H5BrN4O. The highest BCUT2D eigenvalue weighted by molar-refractivity contribution is 9.10. The molecule has 5 nitrogen and oxygen atoms in total. The molecule has 0 bridgehead atoms. The highest BCUT2D eigenvalue weighted by Crippen LogP contribution is 2.23. The van der Waals surface area contributed by atoms with Gasteiger partial charge in [-0.2, -0.15) is 0 Å². The normalized spacial score (nSPS) is 9.00. The Labute approximate surface area is 82.3 Å². The van der Waals surface area contributed by atoms with Gasteiger partial charge in [0.15, 0.2) is 0 Å². The molecule has 0 atom stereocenters. The van der Waals surface area contributed by atoms with Crippen LogP contribution < -0.4 is 5.73 Å². The molecule has 0 aliphatic rings. The number of rotatable bonds is 2. The van der Waals surface area contributed by atoms with Crippen LogP contribution >= 0.6 is 15.9 Å². The summed E-state index contributed by atoms with van der Waals surface area (Å²) >= 11 is 3.17. The van der Waals surface area contributed by atoms with Crippen LogP contribution in [0.25, 0.3) is 10.4 Å². The number of hydrogen-bond acceptors (Lipinski definition) is 2. The molecule has 0 unspecified atom stereocenters. The molecule has 6 heteroatoms. The molecule has 0 aliphatic carbocycles. The van der Waals surface area contributed by atoms with Gasteiger partial charge >= 0.3 is 0 Å². The van der Waals surface area contributed by atoms with Crippen molar-refractivity contribution >= 4 is 27.5 Å². The van der Waals surface area contributed by atoms with Gasteiger partial charge in [-0.3, -0.25) is 4.79 Å². The van der Waals surface area contributed by atoms with Gasteiger partial charge in [-0.1, -0.05) is 27.1 Å². The maximum Gasteiger partial charge on any atom is 0.249 e. The molecule has 0 radical (unpaired) electrons. The van der Waals surface area contributed by atoms with E-state index in [0.29, 0.717) is 4.47 Å². The number of primary amides is 1. The molecule has 1 rings (SSSR count).